The molecular weight excluding hydrogens is 330 g/mol. The third kappa shape index (κ3) is 7.04. The van der Waals surface area contributed by atoms with Gasteiger partial charge in [0.25, 0.3) is 5.91 Å². The van der Waals surface area contributed by atoms with Gasteiger partial charge in [-0.2, -0.15) is 0 Å². The third-order valence-electron chi connectivity index (χ3n) is 3.69. The predicted octanol–water partition coefficient (Wildman–Crippen LogP) is 2.18. The lowest BCUT2D eigenvalue weighted by Gasteiger charge is -2.09. The molecule has 6 heteroatoms. The highest BCUT2D eigenvalue weighted by molar-refractivity contribution is 5.97. The molecule has 0 aromatic heterocycles. The van der Waals surface area contributed by atoms with E-state index in [4.69, 9.17) is 4.74 Å². The van der Waals surface area contributed by atoms with Crippen molar-refractivity contribution in [3.8, 4) is 0 Å². The van der Waals surface area contributed by atoms with Gasteiger partial charge >= 0.3 is 0 Å². The zero-order valence-corrected chi connectivity index (χ0v) is 15.0. The van der Waals surface area contributed by atoms with Crippen LogP contribution in [0.4, 0.5) is 5.69 Å². The van der Waals surface area contributed by atoms with E-state index in [0.29, 0.717) is 30.9 Å². The fourth-order valence-corrected chi connectivity index (χ4v) is 2.37. The highest BCUT2D eigenvalue weighted by atomic mass is 16.5. The summed E-state index contributed by atoms with van der Waals surface area (Å²) >= 11 is 0. The topological polar surface area (TPSA) is 79.5 Å². The van der Waals surface area contributed by atoms with Gasteiger partial charge in [-0.05, 0) is 36.7 Å². The van der Waals surface area contributed by atoms with Crippen LogP contribution in [-0.4, -0.2) is 38.6 Å². The van der Waals surface area contributed by atoms with E-state index in [9.17, 15) is 9.59 Å². The quantitative estimate of drug-likeness (QED) is 0.571. The lowest BCUT2D eigenvalue weighted by molar-refractivity contribution is -0.115. The summed E-state index contributed by atoms with van der Waals surface area (Å²) in [5.41, 5.74) is 2.14. The van der Waals surface area contributed by atoms with Gasteiger partial charge in [0, 0.05) is 31.5 Å². The second-order valence-corrected chi connectivity index (χ2v) is 5.82. The Balaban J connectivity index is 1.81. The first kappa shape index (κ1) is 19.6. The summed E-state index contributed by atoms with van der Waals surface area (Å²) in [4.78, 5) is 24.2. The number of nitrogens with one attached hydrogen (secondary N) is 3. The lowest BCUT2D eigenvalue weighted by atomic mass is 10.1. The molecule has 2 amide bonds. The Labute approximate surface area is 153 Å². The van der Waals surface area contributed by atoms with E-state index in [-0.39, 0.29) is 18.4 Å². The van der Waals surface area contributed by atoms with Crippen LogP contribution in [-0.2, 0) is 16.1 Å². The van der Waals surface area contributed by atoms with Gasteiger partial charge < -0.3 is 20.7 Å². The zero-order chi connectivity index (χ0) is 18.6. The molecule has 2 aromatic rings. The van der Waals surface area contributed by atoms with E-state index in [1.807, 2.05) is 30.3 Å². The van der Waals surface area contributed by atoms with Crippen molar-refractivity contribution in [3.63, 3.8) is 0 Å². The summed E-state index contributed by atoms with van der Waals surface area (Å²) in [6, 6.07) is 16.6. The molecule has 138 valence electrons. The number of carbonyl (C=O) groups is 2. The molecule has 0 spiro atoms. The molecule has 0 bridgehead atoms. The van der Waals surface area contributed by atoms with Crippen LogP contribution in [0.1, 0.15) is 22.3 Å². The number of hydrogen-bond acceptors (Lipinski definition) is 4. The van der Waals surface area contributed by atoms with Crippen LogP contribution in [0.3, 0.4) is 0 Å². The number of benzene rings is 2. The number of hydrogen-bond donors (Lipinski definition) is 3. The Morgan fingerprint density at radius 2 is 1.85 bits per heavy atom. The van der Waals surface area contributed by atoms with Crippen molar-refractivity contribution in [1.29, 1.82) is 0 Å². The molecule has 0 unspecified atom stereocenters. The number of methoxy groups -OCH3 is 1. The maximum atomic E-state index is 12.3. The van der Waals surface area contributed by atoms with Crippen LogP contribution >= 0.6 is 0 Å². The Bertz CT molecular complexity index is 704. The molecule has 2 aromatic carbocycles. The van der Waals surface area contributed by atoms with Gasteiger partial charge in [0.15, 0.2) is 0 Å². The van der Waals surface area contributed by atoms with Gasteiger partial charge in [-0.25, -0.2) is 0 Å². The van der Waals surface area contributed by atoms with Gasteiger partial charge in [-0.1, -0.05) is 36.4 Å². The molecule has 0 saturated carbocycles. The van der Waals surface area contributed by atoms with E-state index in [2.05, 4.69) is 16.0 Å². The summed E-state index contributed by atoms with van der Waals surface area (Å²) < 4.78 is 4.95. The number of anilines is 1. The fourth-order valence-electron chi connectivity index (χ4n) is 2.37. The monoisotopic (exact) mass is 355 g/mol. The maximum Gasteiger partial charge on any atom is 0.251 e. The van der Waals surface area contributed by atoms with Crippen LogP contribution in [0, 0.1) is 0 Å². The molecular formula is C20H25N3O3. The van der Waals surface area contributed by atoms with Crippen molar-refractivity contribution in [1.82, 2.24) is 10.6 Å². The molecule has 0 aliphatic carbocycles. The van der Waals surface area contributed by atoms with Crippen LogP contribution in [0.25, 0.3) is 0 Å². The first-order valence-electron chi connectivity index (χ1n) is 8.60. The summed E-state index contributed by atoms with van der Waals surface area (Å²) in [5.74, 6) is -0.327. The average molecular weight is 355 g/mol. The summed E-state index contributed by atoms with van der Waals surface area (Å²) in [6.45, 7) is 2.05. The largest absolute Gasteiger partial charge is 0.385 e. The maximum absolute atomic E-state index is 12.3. The van der Waals surface area contributed by atoms with Crippen molar-refractivity contribution in [3.05, 3.63) is 65.7 Å². The number of amides is 2. The summed E-state index contributed by atoms with van der Waals surface area (Å²) in [7, 11) is 1.65. The number of carbonyl (C=O) groups excluding carboxylic acids is 2. The fraction of sp³-hybridized carbons (Fsp3) is 0.300. The first-order chi connectivity index (χ1) is 12.7. The minimum atomic E-state index is -0.178. The Morgan fingerprint density at radius 1 is 1.04 bits per heavy atom. The van der Waals surface area contributed by atoms with Crippen LogP contribution in [0.2, 0.25) is 0 Å². The van der Waals surface area contributed by atoms with Gasteiger partial charge in [0.1, 0.15) is 0 Å². The van der Waals surface area contributed by atoms with Crippen molar-refractivity contribution < 1.29 is 14.3 Å². The van der Waals surface area contributed by atoms with E-state index >= 15 is 0 Å². The first-order valence-corrected chi connectivity index (χ1v) is 8.60. The SMILES string of the molecule is COCCCNCC(=O)Nc1cccc(C(=O)NCc2ccccc2)c1. The highest BCUT2D eigenvalue weighted by Crippen LogP contribution is 2.11. The third-order valence-corrected chi connectivity index (χ3v) is 3.69. The molecule has 0 saturated heterocycles. The van der Waals surface area contributed by atoms with E-state index in [1.165, 1.54) is 0 Å². The van der Waals surface area contributed by atoms with E-state index in [1.54, 1.807) is 31.4 Å². The molecule has 0 radical (unpaired) electrons. The smallest absolute Gasteiger partial charge is 0.251 e. The minimum absolute atomic E-state index is 0.149. The molecule has 0 fully saturated rings. The minimum Gasteiger partial charge on any atom is -0.385 e. The van der Waals surface area contributed by atoms with Gasteiger partial charge in [0.05, 0.1) is 6.54 Å². The van der Waals surface area contributed by atoms with Gasteiger partial charge in [-0.3, -0.25) is 9.59 Å². The van der Waals surface area contributed by atoms with Crippen molar-refractivity contribution >= 4 is 17.5 Å². The van der Waals surface area contributed by atoms with Crippen LogP contribution < -0.4 is 16.0 Å². The van der Waals surface area contributed by atoms with Crippen molar-refractivity contribution in [2.75, 3.05) is 32.1 Å². The molecule has 0 atom stereocenters. The van der Waals surface area contributed by atoms with Crippen molar-refractivity contribution in [2.24, 2.45) is 0 Å². The lowest BCUT2D eigenvalue weighted by Crippen LogP contribution is -2.29. The van der Waals surface area contributed by atoms with E-state index < -0.39 is 0 Å². The second-order valence-electron chi connectivity index (χ2n) is 5.82. The summed E-state index contributed by atoms with van der Waals surface area (Å²) in [6.07, 6.45) is 0.848. The van der Waals surface area contributed by atoms with Crippen molar-refractivity contribution in [2.45, 2.75) is 13.0 Å². The molecule has 0 heterocycles. The van der Waals surface area contributed by atoms with Crippen LogP contribution in [0.15, 0.2) is 54.6 Å². The molecule has 26 heavy (non-hydrogen) atoms. The molecule has 0 aliphatic heterocycles. The Hall–Kier alpha value is -2.70. The standard InChI is InChI=1S/C20H25N3O3/c1-26-12-6-11-21-15-19(24)23-18-10-5-9-17(13-18)20(25)22-14-16-7-3-2-4-8-16/h2-5,7-10,13,21H,6,11-12,14-15H2,1H3,(H,22,25)(H,23,24). The number of rotatable bonds is 10. The highest BCUT2D eigenvalue weighted by Gasteiger charge is 2.08. The number of ether oxygens (including phenoxy) is 1. The van der Waals surface area contributed by atoms with Gasteiger partial charge in [0.2, 0.25) is 5.91 Å². The van der Waals surface area contributed by atoms with E-state index in [0.717, 1.165) is 12.0 Å². The average Bonchev–Trinajstić information content (AvgIpc) is 2.67. The summed E-state index contributed by atoms with van der Waals surface area (Å²) in [5, 5.41) is 8.71. The zero-order valence-electron chi connectivity index (χ0n) is 15.0. The molecule has 3 N–H and O–H groups in total. The predicted molar refractivity (Wildman–Crippen MR) is 102 cm³/mol. The normalized spacial score (nSPS) is 10.3. The molecule has 2 rings (SSSR count). The van der Waals surface area contributed by atoms with Gasteiger partial charge in [-0.15, -0.1) is 0 Å². The molecule has 0 aliphatic rings. The molecule has 6 nitrogen and oxygen atoms in total. The Kier molecular flexibility index (Phi) is 8.32. The Morgan fingerprint density at radius 3 is 2.62 bits per heavy atom. The van der Waals surface area contributed by atoms with Crippen LogP contribution in [0.5, 0.6) is 0 Å². The second kappa shape index (κ2) is 11.0.